The number of benzene rings is 2. The number of ether oxygens (including phenoxy) is 1. The molecule has 1 aromatic heterocycles. The van der Waals surface area contributed by atoms with Crippen molar-refractivity contribution >= 4 is 16.8 Å². The van der Waals surface area contributed by atoms with E-state index in [0.717, 1.165) is 10.9 Å². The standard InChI is InChI=1S/C17H14O4/c1-10-14-9-12(18)5-8-15(14)21-17(10)16(19)11-3-6-13(20-2)7-4-11/h3-9,18H,1-2H3. The lowest BCUT2D eigenvalue weighted by molar-refractivity contribution is 0.101. The summed E-state index contributed by atoms with van der Waals surface area (Å²) in [6.45, 7) is 1.81. The molecule has 106 valence electrons. The lowest BCUT2D eigenvalue weighted by atomic mass is 10.0. The number of carbonyl (C=O) groups is 1. The third-order valence-corrected chi connectivity index (χ3v) is 3.48. The Morgan fingerprint density at radius 2 is 1.86 bits per heavy atom. The van der Waals surface area contributed by atoms with Crippen molar-refractivity contribution in [3.05, 3.63) is 59.4 Å². The molecular weight excluding hydrogens is 268 g/mol. The van der Waals surface area contributed by atoms with Gasteiger partial charge in [0.15, 0.2) is 5.76 Å². The van der Waals surface area contributed by atoms with E-state index in [-0.39, 0.29) is 11.5 Å². The number of aryl methyl sites for hydroxylation is 1. The molecule has 0 spiro atoms. The normalized spacial score (nSPS) is 10.8. The van der Waals surface area contributed by atoms with E-state index in [1.54, 1.807) is 43.5 Å². The van der Waals surface area contributed by atoms with Gasteiger partial charge in [-0.15, -0.1) is 0 Å². The third-order valence-electron chi connectivity index (χ3n) is 3.48. The van der Waals surface area contributed by atoms with Crippen molar-refractivity contribution in [2.24, 2.45) is 0 Å². The molecule has 21 heavy (non-hydrogen) atoms. The molecule has 3 rings (SSSR count). The summed E-state index contributed by atoms with van der Waals surface area (Å²) in [6.07, 6.45) is 0. The van der Waals surface area contributed by atoms with Crippen LogP contribution < -0.4 is 4.74 Å². The maximum absolute atomic E-state index is 12.5. The summed E-state index contributed by atoms with van der Waals surface area (Å²) in [5.41, 5.74) is 1.84. The number of ketones is 1. The number of phenolic OH excluding ortho intramolecular Hbond substituents is 1. The topological polar surface area (TPSA) is 59.7 Å². The fourth-order valence-corrected chi connectivity index (χ4v) is 2.30. The van der Waals surface area contributed by atoms with Crippen molar-refractivity contribution < 1.29 is 19.1 Å². The number of furan rings is 1. The molecular formula is C17H14O4. The van der Waals surface area contributed by atoms with E-state index in [2.05, 4.69) is 0 Å². The minimum absolute atomic E-state index is 0.148. The molecule has 4 heteroatoms. The van der Waals surface area contributed by atoms with Crippen LogP contribution in [0.1, 0.15) is 21.7 Å². The zero-order valence-corrected chi connectivity index (χ0v) is 11.7. The highest BCUT2D eigenvalue weighted by molar-refractivity contribution is 6.10. The first-order chi connectivity index (χ1) is 10.1. The summed E-state index contributed by atoms with van der Waals surface area (Å²) >= 11 is 0. The zero-order chi connectivity index (χ0) is 15.0. The first kappa shape index (κ1) is 13.2. The molecule has 3 aromatic rings. The first-order valence-electron chi connectivity index (χ1n) is 6.51. The lowest BCUT2D eigenvalue weighted by Crippen LogP contribution is -2.01. The van der Waals surface area contributed by atoms with Crippen LogP contribution in [0.4, 0.5) is 0 Å². The fraction of sp³-hybridized carbons (Fsp3) is 0.118. The van der Waals surface area contributed by atoms with Gasteiger partial charge < -0.3 is 14.3 Å². The summed E-state index contributed by atoms with van der Waals surface area (Å²) < 4.78 is 10.7. The number of methoxy groups -OCH3 is 1. The molecule has 0 atom stereocenters. The van der Waals surface area contributed by atoms with E-state index < -0.39 is 0 Å². The van der Waals surface area contributed by atoms with E-state index in [1.165, 1.54) is 6.07 Å². The second-order valence-corrected chi connectivity index (χ2v) is 4.79. The van der Waals surface area contributed by atoms with E-state index in [1.807, 2.05) is 6.92 Å². The van der Waals surface area contributed by atoms with Crippen LogP contribution >= 0.6 is 0 Å². The highest BCUT2D eigenvalue weighted by Crippen LogP contribution is 2.29. The minimum atomic E-state index is -0.189. The van der Waals surface area contributed by atoms with E-state index >= 15 is 0 Å². The van der Waals surface area contributed by atoms with Crippen LogP contribution in [-0.4, -0.2) is 18.0 Å². The first-order valence-corrected chi connectivity index (χ1v) is 6.51. The van der Waals surface area contributed by atoms with Gasteiger partial charge in [-0.2, -0.15) is 0 Å². The number of hydrogen-bond acceptors (Lipinski definition) is 4. The van der Waals surface area contributed by atoms with Crippen molar-refractivity contribution in [1.29, 1.82) is 0 Å². The molecule has 0 fully saturated rings. The summed E-state index contributed by atoms with van der Waals surface area (Å²) in [5.74, 6) is 0.944. The Morgan fingerprint density at radius 3 is 2.52 bits per heavy atom. The highest BCUT2D eigenvalue weighted by Gasteiger charge is 2.19. The Bertz CT molecular complexity index is 813. The Kier molecular flexibility index (Phi) is 3.14. The lowest BCUT2D eigenvalue weighted by Gasteiger charge is -2.01. The highest BCUT2D eigenvalue weighted by atomic mass is 16.5. The van der Waals surface area contributed by atoms with Crippen LogP contribution in [-0.2, 0) is 0 Å². The largest absolute Gasteiger partial charge is 0.508 e. The third kappa shape index (κ3) is 2.25. The molecule has 0 saturated carbocycles. The zero-order valence-electron chi connectivity index (χ0n) is 11.7. The Morgan fingerprint density at radius 1 is 1.14 bits per heavy atom. The maximum Gasteiger partial charge on any atom is 0.228 e. The molecule has 1 heterocycles. The van der Waals surface area contributed by atoms with Crippen LogP contribution in [0.5, 0.6) is 11.5 Å². The average Bonchev–Trinajstić information content (AvgIpc) is 2.83. The van der Waals surface area contributed by atoms with Crippen molar-refractivity contribution in [3.8, 4) is 11.5 Å². The van der Waals surface area contributed by atoms with Gasteiger partial charge in [-0.05, 0) is 49.4 Å². The van der Waals surface area contributed by atoms with Crippen LogP contribution in [0, 0.1) is 6.92 Å². The molecule has 0 amide bonds. The number of rotatable bonds is 3. The number of aromatic hydroxyl groups is 1. The molecule has 0 aliphatic rings. The predicted molar refractivity (Wildman–Crippen MR) is 79.0 cm³/mol. The smallest absolute Gasteiger partial charge is 0.228 e. The van der Waals surface area contributed by atoms with Gasteiger partial charge >= 0.3 is 0 Å². The summed E-state index contributed by atoms with van der Waals surface area (Å²) in [7, 11) is 1.58. The number of fused-ring (bicyclic) bond motifs is 1. The Balaban J connectivity index is 2.06. The van der Waals surface area contributed by atoms with E-state index in [9.17, 15) is 9.90 Å². The Labute approximate surface area is 121 Å². The van der Waals surface area contributed by atoms with E-state index in [4.69, 9.17) is 9.15 Å². The van der Waals surface area contributed by atoms with Gasteiger partial charge in [0, 0.05) is 16.5 Å². The quantitative estimate of drug-likeness (QED) is 0.744. The summed E-state index contributed by atoms with van der Waals surface area (Å²) in [5, 5.41) is 10.3. The fourth-order valence-electron chi connectivity index (χ4n) is 2.30. The summed E-state index contributed by atoms with van der Waals surface area (Å²) in [6, 6.07) is 11.7. The van der Waals surface area contributed by atoms with Crippen LogP contribution in [0.3, 0.4) is 0 Å². The van der Waals surface area contributed by atoms with Crippen molar-refractivity contribution in [1.82, 2.24) is 0 Å². The summed E-state index contributed by atoms with van der Waals surface area (Å²) in [4.78, 5) is 12.5. The molecule has 0 unspecified atom stereocenters. The van der Waals surface area contributed by atoms with Crippen LogP contribution in [0.25, 0.3) is 11.0 Å². The van der Waals surface area contributed by atoms with Gasteiger partial charge in [0.05, 0.1) is 7.11 Å². The Hall–Kier alpha value is -2.75. The number of phenols is 1. The van der Waals surface area contributed by atoms with Gasteiger partial charge in [-0.1, -0.05) is 0 Å². The van der Waals surface area contributed by atoms with Crippen LogP contribution in [0.2, 0.25) is 0 Å². The molecule has 2 aromatic carbocycles. The molecule has 4 nitrogen and oxygen atoms in total. The SMILES string of the molecule is COc1ccc(C(=O)c2oc3ccc(O)cc3c2C)cc1. The van der Waals surface area contributed by atoms with Crippen molar-refractivity contribution in [2.45, 2.75) is 6.92 Å². The monoisotopic (exact) mass is 282 g/mol. The molecule has 0 radical (unpaired) electrons. The minimum Gasteiger partial charge on any atom is -0.508 e. The van der Waals surface area contributed by atoms with Crippen LogP contribution in [0.15, 0.2) is 46.9 Å². The van der Waals surface area contributed by atoms with Gasteiger partial charge in [-0.25, -0.2) is 0 Å². The number of carbonyl (C=O) groups excluding carboxylic acids is 1. The van der Waals surface area contributed by atoms with Crippen molar-refractivity contribution in [3.63, 3.8) is 0 Å². The molecule has 0 aliphatic carbocycles. The van der Waals surface area contributed by atoms with Gasteiger partial charge in [0.25, 0.3) is 0 Å². The average molecular weight is 282 g/mol. The molecule has 0 bridgehead atoms. The maximum atomic E-state index is 12.5. The second-order valence-electron chi connectivity index (χ2n) is 4.79. The molecule has 0 saturated heterocycles. The van der Waals surface area contributed by atoms with E-state index in [0.29, 0.717) is 22.7 Å². The number of hydrogen-bond donors (Lipinski definition) is 1. The predicted octanol–water partition coefficient (Wildman–Crippen LogP) is 3.69. The van der Waals surface area contributed by atoms with Gasteiger partial charge in [-0.3, -0.25) is 4.79 Å². The second kappa shape index (κ2) is 4.98. The van der Waals surface area contributed by atoms with Crippen molar-refractivity contribution in [2.75, 3.05) is 7.11 Å². The van der Waals surface area contributed by atoms with Gasteiger partial charge in [0.1, 0.15) is 17.1 Å². The molecule has 0 aliphatic heterocycles. The van der Waals surface area contributed by atoms with Gasteiger partial charge in [0.2, 0.25) is 5.78 Å². The molecule has 1 N–H and O–H groups in total.